The van der Waals surface area contributed by atoms with E-state index in [-0.39, 0.29) is 22.5 Å². The van der Waals surface area contributed by atoms with Crippen LogP contribution in [0.15, 0.2) is 82.0 Å². The topological polar surface area (TPSA) is 56.5 Å². The van der Waals surface area contributed by atoms with Crippen molar-refractivity contribution in [2.45, 2.75) is 6.92 Å². The fourth-order valence-corrected chi connectivity index (χ4v) is 3.19. The third-order valence-electron chi connectivity index (χ3n) is 4.66. The molecule has 0 spiro atoms. The molecule has 28 heavy (non-hydrogen) atoms. The van der Waals surface area contributed by atoms with Crippen molar-refractivity contribution in [3.8, 4) is 17.1 Å². The highest BCUT2D eigenvalue weighted by Gasteiger charge is 2.23. The van der Waals surface area contributed by atoms with Crippen LogP contribution in [0.5, 0.6) is 5.75 Å². The molecule has 4 heteroatoms. The minimum atomic E-state index is -0.359. The second-order valence-electron chi connectivity index (χ2n) is 6.56. The zero-order valence-electron chi connectivity index (χ0n) is 15.6. The van der Waals surface area contributed by atoms with Gasteiger partial charge in [0.2, 0.25) is 11.2 Å². The maximum absolute atomic E-state index is 13.3. The van der Waals surface area contributed by atoms with Crippen molar-refractivity contribution >= 4 is 16.8 Å². The monoisotopic (exact) mass is 370 g/mol. The molecule has 138 valence electrons. The van der Waals surface area contributed by atoms with E-state index in [1.165, 1.54) is 0 Å². The Morgan fingerprint density at radius 2 is 1.64 bits per heavy atom. The van der Waals surface area contributed by atoms with E-state index < -0.39 is 0 Å². The second kappa shape index (κ2) is 7.16. The summed E-state index contributed by atoms with van der Waals surface area (Å²) in [6.07, 6.45) is 0. The lowest BCUT2D eigenvalue weighted by molar-refractivity contribution is 0.103. The van der Waals surface area contributed by atoms with Crippen LogP contribution in [-0.2, 0) is 0 Å². The number of carbonyl (C=O) groups excluding carboxylic acids is 1. The van der Waals surface area contributed by atoms with E-state index in [1.807, 2.05) is 19.1 Å². The lowest BCUT2D eigenvalue weighted by Crippen LogP contribution is -2.18. The van der Waals surface area contributed by atoms with Gasteiger partial charge in [0.05, 0.1) is 12.5 Å². The largest absolute Gasteiger partial charge is 0.497 e. The summed E-state index contributed by atoms with van der Waals surface area (Å²) in [4.78, 5) is 26.5. The maximum Gasteiger partial charge on any atom is 0.204 e. The van der Waals surface area contributed by atoms with Gasteiger partial charge < -0.3 is 9.15 Å². The number of ether oxygens (including phenoxy) is 1. The highest BCUT2D eigenvalue weighted by Crippen LogP contribution is 2.29. The molecule has 4 nitrogen and oxygen atoms in total. The van der Waals surface area contributed by atoms with E-state index in [1.54, 1.807) is 67.8 Å². The van der Waals surface area contributed by atoms with Crippen molar-refractivity contribution in [3.63, 3.8) is 0 Å². The number of methoxy groups -OCH3 is 1. The number of hydrogen-bond donors (Lipinski definition) is 0. The van der Waals surface area contributed by atoms with Crippen molar-refractivity contribution in [1.82, 2.24) is 0 Å². The number of rotatable bonds is 4. The molecule has 0 aliphatic carbocycles. The summed E-state index contributed by atoms with van der Waals surface area (Å²) in [5, 5.41) is 0.391. The van der Waals surface area contributed by atoms with Gasteiger partial charge in [-0.3, -0.25) is 9.59 Å². The normalized spacial score (nSPS) is 10.8. The summed E-state index contributed by atoms with van der Waals surface area (Å²) in [6.45, 7) is 1.93. The van der Waals surface area contributed by atoms with E-state index in [2.05, 4.69) is 0 Å². The van der Waals surface area contributed by atoms with Crippen LogP contribution in [0.4, 0.5) is 0 Å². The number of hydrogen-bond acceptors (Lipinski definition) is 4. The van der Waals surface area contributed by atoms with Gasteiger partial charge in [0.25, 0.3) is 0 Å². The standard InChI is InChI=1S/C24H18O4/c1-15-8-13-19-20(14-15)28-24(17-9-11-18(27-2)12-10-17)21(23(19)26)22(25)16-6-4-3-5-7-16/h3-14H,1-2H3. The molecule has 0 fully saturated rings. The zero-order chi connectivity index (χ0) is 19.7. The van der Waals surface area contributed by atoms with Gasteiger partial charge in [-0.2, -0.15) is 0 Å². The molecule has 0 aliphatic heterocycles. The van der Waals surface area contributed by atoms with E-state index in [0.717, 1.165) is 5.56 Å². The minimum absolute atomic E-state index is 0.0349. The Bertz CT molecular complexity index is 1220. The summed E-state index contributed by atoms with van der Waals surface area (Å²) in [5.74, 6) is 0.584. The van der Waals surface area contributed by atoms with Gasteiger partial charge >= 0.3 is 0 Å². The summed E-state index contributed by atoms with van der Waals surface area (Å²) < 4.78 is 11.3. The number of benzene rings is 3. The van der Waals surface area contributed by atoms with E-state index >= 15 is 0 Å². The molecular formula is C24H18O4. The number of carbonyl (C=O) groups is 1. The maximum atomic E-state index is 13.3. The minimum Gasteiger partial charge on any atom is -0.497 e. The molecule has 0 unspecified atom stereocenters. The molecule has 1 aromatic heterocycles. The van der Waals surface area contributed by atoms with Crippen LogP contribution >= 0.6 is 0 Å². The highest BCUT2D eigenvalue weighted by atomic mass is 16.5. The molecule has 3 aromatic carbocycles. The van der Waals surface area contributed by atoms with Gasteiger partial charge in [0.1, 0.15) is 22.7 Å². The Labute approximate surface area is 162 Å². The van der Waals surface area contributed by atoms with Crippen LogP contribution in [0, 0.1) is 6.92 Å². The molecule has 4 rings (SSSR count). The molecule has 0 atom stereocenters. The van der Waals surface area contributed by atoms with E-state index in [4.69, 9.17) is 9.15 Å². The number of aryl methyl sites for hydroxylation is 1. The summed E-state index contributed by atoms with van der Waals surface area (Å²) in [7, 11) is 1.58. The molecule has 0 N–H and O–H groups in total. The highest BCUT2D eigenvalue weighted by molar-refractivity contribution is 6.13. The van der Waals surface area contributed by atoms with Crippen molar-refractivity contribution in [1.29, 1.82) is 0 Å². The van der Waals surface area contributed by atoms with Gasteiger partial charge in [0.15, 0.2) is 0 Å². The first kappa shape index (κ1) is 17.7. The SMILES string of the molecule is COc1ccc(-c2oc3cc(C)ccc3c(=O)c2C(=O)c2ccccc2)cc1. The third-order valence-corrected chi connectivity index (χ3v) is 4.66. The fourth-order valence-electron chi connectivity index (χ4n) is 3.19. The van der Waals surface area contributed by atoms with Gasteiger partial charge in [-0.15, -0.1) is 0 Å². The van der Waals surface area contributed by atoms with Crippen molar-refractivity contribution in [2.24, 2.45) is 0 Å². The molecular weight excluding hydrogens is 352 g/mol. The van der Waals surface area contributed by atoms with E-state index in [9.17, 15) is 9.59 Å². The molecule has 0 radical (unpaired) electrons. The van der Waals surface area contributed by atoms with E-state index in [0.29, 0.717) is 27.8 Å². The molecule has 0 bridgehead atoms. The quantitative estimate of drug-likeness (QED) is 0.474. The van der Waals surface area contributed by atoms with Crippen molar-refractivity contribution in [3.05, 3.63) is 99.7 Å². The van der Waals surface area contributed by atoms with Crippen LogP contribution < -0.4 is 10.2 Å². The molecule has 0 saturated carbocycles. The number of fused-ring (bicyclic) bond motifs is 1. The second-order valence-corrected chi connectivity index (χ2v) is 6.56. The molecule has 0 saturated heterocycles. The Kier molecular flexibility index (Phi) is 4.53. The summed E-state index contributed by atoms with van der Waals surface area (Å²) >= 11 is 0. The molecule has 0 amide bonds. The van der Waals surface area contributed by atoms with Crippen LogP contribution in [0.2, 0.25) is 0 Å². The lowest BCUT2D eigenvalue weighted by atomic mass is 9.97. The van der Waals surface area contributed by atoms with Gasteiger partial charge in [-0.25, -0.2) is 0 Å². The smallest absolute Gasteiger partial charge is 0.204 e. The molecule has 1 heterocycles. The molecule has 0 aliphatic rings. The van der Waals surface area contributed by atoms with Gasteiger partial charge in [0, 0.05) is 11.1 Å². The lowest BCUT2D eigenvalue weighted by Gasteiger charge is -2.11. The third kappa shape index (κ3) is 3.09. The predicted molar refractivity (Wildman–Crippen MR) is 109 cm³/mol. The first-order valence-electron chi connectivity index (χ1n) is 8.90. The average Bonchev–Trinajstić information content (AvgIpc) is 2.73. The predicted octanol–water partition coefficient (Wildman–Crippen LogP) is 5.01. The van der Waals surface area contributed by atoms with Gasteiger partial charge in [-0.1, -0.05) is 36.4 Å². The van der Waals surface area contributed by atoms with Crippen LogP contribution in [0.25, 0.3) is 22.3 Å². The first-order chi connectivity index (χ1) is 13.6. The van der Waals surface area contributed by atoms with Crippen LogP contribution in [0.3, 0.4) is 0 Å². The Balaban J connectivity index is 2.02. The zero-order valence-corrected chi connectivity index (χ0v) is 15.6. The molecule has 4 aromatic rings. The Morgan fingerprint density at radius 1 is 0.929 bits per heavy atom. The van der Waals surface area contributed by atoms with Crippen LogP contribution in [-0.4, -0.2) is 12.9 Å². The van der Waals surface area contributed by atoms with Gasteiger partial charge in [-0.05, 0) is 48.9 Å². The Morgan fingerprint density at radius 3 is 2.32 bits per heavy atom. The van der Waals surface area contributed by atoms with Crippen molar-refractivity contribution in [2.75, 3.05) is 7.11 Å². The number of ketones is 1. The van der Waals surface area contributed by atoms with Crippen molar-refractivity contribution < 1.29 is 13.9 Å². The van der Waals surface area contributed by atoms with Crippen LogP contribution in [0.1, 0.15) is 21.5 Å². The Hall–Kier alpha value is -3.66. The fraction of sp³-hybridized carbons (Fsp3) is 0.0833. The first-order valence-corrected chi connectivity index (χ1v) is 8.90. The summed E-state index contributed by atoms with van der Waals surface area (Å²) in [5.41, 5.74) is 2.21. The average molecular weight is 370 g/mol. The summed E-state index contributed by atoms with van der Waals surface area (Å²) in [6, 6.07) is 21.2.